The van der Waals surface area contributed by atoms with Gasteiger partial charge in [0, 0.05) is 6.54 Å². The molecule has 1 heterocycles. The third kappa shape index (κ3) is 4.52. The van der Waals surface area contributed by atoms with Gasteiger partial charge in [0.1, 0.15) is 0 Å². The molecular weight excluding hydrogens is 236 g/mol. The summed E-state index contributed by atoms with van der Waals surface area (Å²) in [6.45, 7) is 6.92. The number of ether oxygens (including phenoxy) is 1. The summed E-state index contributed by atoms with van der Waals surface area (Å²) in [4.78, 5) is 8.40. The Labute approximate surface area is 107 Å². The molecule has 0 aliphatic rings. The van der Waals surface area contributed by atoms with Gasteiger partial charge < -0.3 is 15.4 Å². The molecule has 0 aliphatic carbocycles. The van der Waals surface area contributed by atoms with E-state index in [4.69, 9.17) is 17.0 Å². The molecule has 1 rings (SSSR count). The first kappa shape index (κ1) is 13.6. The van der Waals surface area contributed by atoms with Crippen molar-refractivity contribution in [3.63, 3.8) is 0 Å². The predicted octanol–water partition coefficient (Wildman–Crippen LogP) is 1.74. The van der Waals surface area contributed by atoms with Crippen molar-refractivity contribution >= 4 is 23.1 Å². The summed E-state index contributed by atoms with van der Waals surface area (Å²) >= 11 is 5.15. The van der Waals surface area contributed by atoms with Gasteiger partial charge in [-0.15, -0.1) is 0 Å². The minimum Gasteiger partial charge on any atom is -0.480 e. The number of aryl methyl sites for hydroxylation is 1. The van der Waals surface area contributed by atoms with Crippen molar-refractivity contribution in [3.8, 4) is 5.88 Å². The summed E-state index contributed by atoms with van der Waals surface area (Å²) in [7, 11) is 1.56. The first-order valence-electron chi connectivity index (χ1n) is 5.45. The van der Waals surface area contributed by atoms with E-state index in [9.17, 15) is 0 Å². The highest BCUT2D eigenvalue weighted by Gasteiger charge is 2.05. The maximum Gasteiger partial charge on any atom is 0.232 e. The maximum absolute atomic E-state index is 5.15. The van der Waals surface area contributed by atoms with Gasteiger partial charge in [0.2, 0.25) is 5.88 Å². The summed E-state index contributed by atoms with van der Waals surface area (Å²) in [6.07, 6.45) is 1.56. The van der Waals surface area contributed by atoms with Crippen LogP contribution in [0.5, 0.6) is 5.88 Å². The molecule has 1 aromatic heterocycles. The van der Waals surface area contributed by atoms with Crippen molar-refractivity contribution in [1.29, 1.82) is 0 Å². The fourth-order valence-corrected chi connectivity index (χ4v) is 1.31. The van der Waals surface area contributed by atoms with Crippen LogP contribution in [0.1, 0.15) is 19.5 Å². The molecule has 1 aromatic rings. The van der Waals surface area contributed by atoms with Gasteiger partial charge in [0.25, 0.3) is 0 Å². The van der Waals surface area contributed by atoms with Crippen LogP contribution in [0, 0.1) is 12.8 Å². The maximum atomic E-state index is 5.15. The minimum atomic E-state index is 0.495. The van der Waals surface area contributed by atoms with Crippen LogP contribution in [0.2, 0.25) is 0 Å². The van der Waals surface area contributed by atoms with Crippen molar-refractivity contribution in [2.24, 2.45) is 5.92 Å². The van der Waals surface area contributed by atoms with Crippen molar-refractivity contribution in [3.05, 3.63) is 11.9 Å². The highest BCUT2D eigenvalue weighted by molar-refractivity contribution is 7.80. The molecule has 0 aliphatic heterocycles. The van der Waals surface area contributed by atoms with E-state index < -0.39 is 0 Å². The summed E-state index contributed by atoms with van der Waals surface area (Å²) in [5.41, 5.74) is 0.748. The summed E-state index contributed by atoms with van der Waals surface area (Å²) in [5.74, 6) is 1.68. The lowest BCUT2D eigenvalue weighted by molar-refractivity contribution is 0.395. The van der Waals surface area contributed by atoms with E-state index in [-0.39, 0.29) is 0 Å². The van der Waals surface area contributed by atoms with E-state index in [1.165, 1.54) is 0 Å². The molecule has 94 valence electrons. The lowest BCUT2D eigenvalue weighted by Crippen LogP contribution is -2.32. The number of nitrogens with one attached hydrogen (secondary N) is 2. The molecule has 0 aromatic carbocycles. The molecule has 2 N–H and O–H groups in total. The van der Waals surface area contributed by atoms with Gasteiger partial charge in [-0.2, -0.15) is 0 Å². The van der Waals surface area contributed by atoms with E-state index in [0.717, 1.165) is 12.2 Å². The Kier molecular flexibility index (Phi) is 5.09. The number of nitrogens with zero attached hydrogens (tertiary/aromatic N) is 2. The zero-order chi connectivity index (χ0) is 12.8. The number of rotatable bonds is 4. The van der Waals surface area contributed by atoms with Crippen molar-refractivity contribution in [1.82, 2.24) is 15.3 Å². The molecule has 0 bridgehead atoms. The zero-order valence-corrected chi connectivity index (χ0v) is 11.4. The lowest BCUT2D eigenvalue weighted by Gasteiger charge is -2.12. The van der Waals surface area contributed by atoms with Crippen molar-refractivity contribution < 1.29 is 4.74 Å². The van der Waals surface area contributed by atoms with E-state index in [1.54, 1.807) is 13.3 Å². The van der Waals surface area contributed by atoms with Crippen molar-refractivity contribution in [2.75, 3.05) is 19.0 Å². The Morgan fingerprint density at radius 3 is 2.76 bits per heavy atom. The molecule has 17 heavy (non-hydrogen) atoms. The first-order chi connectivity index (χ1) is 8.02. The van der Waals surface area contributed by atoms with Crippen LogP contribution in [0.4, 0.5) is 5.82 Å². The van der Waals surface area contributed by atoms with Crippen LogP contribution >= 0.6 is 12.2 Å². The highest BCUT2D eigenvalue weighted by Crippen LogP contribution is 2.12. The molecular formula is C11H18N4OS. The number of hydrogen-bond acceptors (Lipinski definition) is 4. The molecule has 6 heteroatoms. The average Bonchev–Trinajstić information content (AvgIpc) is 2.29. The molecule has 0 saturated carbocycles. The summed E-state index contributed by atoms with van der Waals surface area (Å²) < 4.78 is 4.98. The second kappa shape index (κ2) is 6.34. The Bertz CT molecular complexity index is 395. The van der Waals surface area contributed by atoms with Crippen LogP contribution in [0.15, 0.2) is 6.20 Å². The largest absolute Gasteiger partial charge is 0.480 e. The van der Waals surface area contributed by atoms with Gasteiger partial charge in [0.05, 0.1) is 19.0 Å². The quantitative estimate of drug-likeness (QED) is 0.798. The SMILES string of the molecule is COc1cnc(NC(=S)NCC(C)C)c(C)n1. The molecule has 0 spiro atoms. The minimum absolute atomic E-state index is 0.495. The van der Waals surface area contributed by atoms with E-state index in [2.05, 4.69) is 34.4 Å². The van der Waals surface area contributed by atoms with Crippen LogP contribution < -0.4 is 15.4 Å². The second-order valence-electron chi connectivity index (χ2n) is 4.08. The van der Waals surface area contributed by atoms with Gasteiger partial charge in [-0.05, 0) is 25.1 Å². The third-order valence-corrected chi connectivity index (χ3v) is 2.28. The average molecular weight is 254 g/mol. The molecule has 0 unspecified atom stereocenters. The smallest absolute Gasteiger partial charge is 0.232 e. The lowest BCUT2D eigenvalue weighted by atomic mass is 10.2. The summed E-state index contributed by atoms with van der Waals surface area (Å²) in [6, 6.07) is 0. The normalized spacial score (nSPS) is 10.2. The van der Waals surface area contributed by atoms with Gasteiger partial charge in [-0.3, -0.25) is 0 Å². The fourth-order valence-electron chi connectivity index (χ4n) is 1.13. The van der Waals surface area contributed by atoms with Gasteiger partial charge in [-0.25, -0.2) is 9.97 Å². The van der Waals surface area contributed by atoms with Gasteiger partial charge in [0.15, 0.2) is 10.9 Å². The Balaban J connectivity index is 2.59. The molecule has 0 fully saturated rings. The molecule has 0 amide bonds. The number of aromatic nitrogens is 2. The second-order valence-corrected chi connectivity index (χ2v) is 4.48. The van der Waals surface area contributed by atoms with E-state index in [0.29, 0.717) is 22.7 Å². The fraction of sp³-hybridized carbons (Fsp3) is 0.545. The Morgan fingerprint density at radius 1 is 1.53 bits per heavy atom. The number of anilines is 1. The van der Waals surface area contributed by atoms with E-state index >= 15 is 0 Å². The predicted molar refractivity (Wildman–Crippen MR) is 72.4 cm³/mol. The molecule has 5 nitrogen and oxygen atoms in total. The van der Waals surface area contributed by atoms with Gasteiger partial charge in [-0.1, -0.05) is 13.8 Å². The van der Waals surface area contributed by atoms with Crippen LogP contribution in [-0.4, -0.2) is 28.7 Å². The highest BCUT2D eigenvalue weighted by atomic mass is 32.1. The third-order valence-electron chi connectivity index (χ3n) is 2.04. The Hall–Kier alpha value is -1.43. The van der Waals surface area contributed by atoms with Crippen LogP contribution in [-0.2, 0) is 0 Å². The first-order valence-corrected chi connectivity index (χ1v) is 5.86. The Morgan fingerprint density at radius 2 is 2.24 bits per heavy atom. The standard InChI is InChI=1S/C11H18N4OS/c1-7(2)5-13-11(17)15-10-8(3)14-9(16-4)6-12-10/h6-7H,5H2,1-4H3,(H2,12,13,15,17). The molecule has 0 atom stereocenters. The van der Waals surface area contributed by atoms with E-state index in [1.807, 2.05) is 6.92 Å². The number of methoxy groups -OCH3 is 1. The zero-order valence-electron chi connectivity index (χ0n) is 10.6. The van der Waals surface area contributed by atoms with Crippen LogP contribution in [0.3, 0.4) is 0 Å². The number of thiocarbonyl (C=S) groups is 1. The monoisotopic (exact) mass is 254 g/mol. The van der Waals surface area contributed by atoms with Gasteiger partial charge >= 0.3 is 0 Å². The molecule has 0 radical (unpaired) electrons. The number of hydrogen-bond donors (Lipinski definition) is 2. The topological polar surface area (TPSA) is 59.1 Å². The van der Waals surface area contributed by atoms with Crippen molar-refractivity contribution in [2.45, 2.75) is 20.8 Å². The summed E-state index contributed by atoms with van der Waals surface area (Å²) in [5, 5.41) is 6.67. The van der Waals surface area contributed by atoms with Crippen LogP contribution in [0.25, 0.3) is 0 Å². The molecule has 0 saturated heterocycles.